The van der Waals surface area contributed by atoms with Crippen molar-refractivity contribution in [2.45, 2.75) is 6.92 Å². The van der Waals surface area contributed by atoms with Crippen molar-refractivity contribution in [2.75, 3.05) is 45.6 Å². The Morgan fingerprint density at radius 2 is 2.09 bits per heavy atom. The van der Waals surface area contributed by atoms with Gasteiger partial charge in [0.05, 0.1) is 12.3 Å². The Bertz CT molecular complexity index is 537. The summed E-state index contributed by atoms with van der Waals surface area (Å²) in [4.78, 5) is 14.1. The van der Waals surface area contributed by atoms with Crippen LogP contribution in [0.3, 0.4) is 0 Å². The molecule has 1 heterocycles. The van der Waals surface area contributed by atoms with E-state index >= 15 is 0 Å². The zero-order chi connectivity index (χ0) is 15.9. The molecule has 1 aliphatic rings. The van der Waals surface area contributed by atoms with E-state index < -0.39 is 0 Å². The van der Waals surface area contributed by atoms with Crippen LogP contribution in [-0.4, -0.2) is 55.6 Å². The van der Waals surface area contributed by atoms with Crippen molar-refractivity contribution < 1.29 is 9.53 Å². The first kappa shape index (κ1) is 16.3. The molecule has 1 aromatic carbocycles. The number of hydrazine groups is 1. The van der Waals surface area contributed by atoms with Crippen LogP contribution in [0, 0.1) is 0 Å². The van der Waals surface area contributed by atoms with Gasteiger partial charge in [0.15, 0.2) is 0 Å². The van der Waals surface area contributed by atoms with Crippen molar-refractivity contribution in [1.82, 2.24) is 15.3 Å². The molecule has 1 aromatic rings. The summed E-state index contributed by atoms with van der Waals surface area (Å²) in [6.45, 7) is 6.08. The average Bonchev–Trinajstić information content (AvgIpc) is 2.50. The second-order valence-electron chi connectivity index (χ2n) is 5.33. The number of nitrogen functional groups attached to an aromatic ring is 1. The van der Waals surface area contributed by atoms with E-state index in [1.807, 2.05) is 24.1 Å². The van der Waals surface area contributed by atoms with Crippen LogP contribution in [0.4, 0.5) is 5.69 Å². The summed E-state index contributed by atoms with van der Waals surface area (Å²) < 4.78 is 5.39. The van der Waals surface area contributed by atoms with Gasteiger partial charge in [-0.2, -0.15) is 0 Å². The SMILES string of the molecule is CCOc1ccc(/C=C\C(=O)NN2CCN(C)CC2)cc1N. The first-order valence-corrected chi connectivity index (χ1v) is 7.53. The number of nitrogens with one attached hydrogen (secondary N) is 1. The number of ether oxygens (including phenoxy) is 1. The number of benzene rings is 1. The lowest BCUT2D eigenvalue weighted by atomic mass is 10.1. The van der Waals surface area contributed by atoms with E-state index in [4.69, 9.17) is 10.5 Å². The lowest BCUT2D eigenvalue weighted by molar-refractivity contribution is -0.121. The molecule has 6 nitrogen and oxygen atoms in total. The number of carbonyl (C=O) groups is 1. The maximum atomic E-state index is 11.9. The third kappa shape index (κ3) is 4.75. The third-order valence-electron chi connectivity index (χ3n) is 3.53. The van der Waals surface area contributed by atoms with E-state index in [-0.39, 0.29) is 5.91 Å². The van der Waals surface area contributed by atoms with E-state index in [2.05, 4.69) is 17.4 Å². The minimum Gasteiger partial charge on any atom is -0.492 e. The van der Waals surface area contributed by atoms with Gasteiger partial charge in [0, 0.05) is 32.3 Å². The normalized spacial score (nSPS) is 16.8. The van der Waals surface area contributed by atoms with Gasteiger partial charge in [0.25, 0.3) is 5.91 Å². The summed E-state index contributed by atoms with van der Waals surface area (Å²) in [5, 5.41) is 1.94. The van der Waals surface area contributed by atoms with Crippen molar-refractivity contribution in [3.8, 4) is 5.75 Å². The fraction of sp³-hybridized carbons (Fsp3) is 0.438. The van der Waals surface area contributed by atoms with Crippen LogP contribution in [0.25, 0.3) is 6.08 Å². The van der Waals surface area contributed by atoms with Crippen LogP contribution in [0.5, 0.6) is 5.75 Å². The summed E-state index contributed by atoms with van der Waals surface area (Å²) in [5.74, 6) is 0.540. The predicted octanol–water partition coefficient (Wildman–Crippen LogP) is 0.959. The standard InChI is InChI=1S/C16H24N4O2/c1-3-22-15-6-4-13(12-14(15)17)5-7-16(21)18-20-10-8-19(2)9-11-20/h4-7,12H,3,8-11,17H2,1-2H3,(H,18,21)/b7-5-. The molecule has 22 heavy (non-hydrogen) atoms. The summed E-state index contributed by atoms with van der Waals surface area (Å²) in [6.07, 6.45) is 3.27. The average molecular weight is 304 g/mol. The Kier molecular flexibility index (Phi) is 5.80. The molecular weight excluding hydrogens is 280 g/mol. The Labute approximate surface area is 131 Å². The lowest BCUT2D eigenvalue weighted by Crippen LogP contribution is -2.52. The molecule has 1 amide bonds. The number of hydrogen-bond acceptors (Lipinski definition) is 5. The first-order valence-electron chi connectivity index (χ1n) is 7.53. The second-order valence-corrected chi connectivity index (χ2v) is 5.33. The van der Waals surface area contributed by atoms with Crippen LogP contribution < -0.4 is 15.9 Å². The summed E-state index contributed by atoms with van der Waals surface area (Å²) >= 11 is 0. The number of nitrogens with two attached hydrogens (primary N) is 1. The smallest absolute Gasteiger partial charge is 0.258 e. The van der Waals surface area contributed by atoms with E-state index in [1.165, 1.54) is 6.08 Å². The maximum absolute atomic E-state index is 11.9. The molecule has 120 valence electrons. The zero-order valence-electron chi connectivity index (χ0n) is 13.2. The van der Waals surface area contributed by atoms with Crippen LogP contribution in [0.2, 0.25) is 0 Å². The van der Waals surface area contributed by atoms with Crippen molar-refractivity contribution in [3.63, 3.8) is 0 Å². The molecule has 1 aliphatic heterocycles. The number of carbonyl (C=O) groups excluding carboxylic acids is 1. The molecule has 3 N–H and O–H groups in total. The molecule has 0 spiro atoms. The highest BCUT2D eigenvalue weighted by Gasteiger charge is 2.14. The predicted molar refractivity (Wildman–Crippen MR) is 88.3 cm³/mol. The van der Waals surface area contributed by atoms with Crippen LogP contribution in [0.1, 0.15) is 12.5 Å². The highest BCUT2D eigenvalue weighted by molar-refractivity contribution is 5.91. The molecule has 1 fully saturated rings. The van der Waals surface area contributed by atoms with Crippen molar-refractivity contribution >= 4 is 17.7 Å². The van der Waals surface area contributed by atoms with Crippen LogP contribution >= 0.6 is 0 Å². The highest BCUT2D eigenvalue weighted by atomic mass is 16.5. The lowest BCUT2D eigenvalue weighted by Gasteiger charge is -2.31. The molecular formula is C16H24N4O2. The Balaban J connectivity index is 1.88. The van der Waals surface area contributed by atoms with Gasteiger partial charge in [-0.1, -0.05) is 6.07 Å². The number of nitrogens with zero attached hydrogens (tertiary/aromatic N) is 2. The molecule has 0 unspecified atom stereocenters. The Morgan fingerprint density at radius 1 is 1.36 bits per heavy atom. The van der Waals surface area contributed by atoms with Gasteiger partial charge >= 0.3 is 0 Å². The number of hydrogen-bond donors (Lipinski definition) is 2. The van der Waals surface area contributed by atoms with E-state index in [1.54, 1.807) is 12.1 Å². The third-order valence-corrected chi connectivity index (χ3v) is 3.53. The van der Waals surface area contributed by atoms with Crippen molar-refractivity contribution in [3.05, 3.63) is 29.8 Å². The largest absolute Gasteiger partial charge is 0.492 e. The van der Waals surface area contributed by atoms with E-state index in [0.717, 1.165) is 31.7 Å². The summed E-state index contributed by atoms with van der Waals surface area (Å²) in [7, 11) is 2.08. The molecule has 1 saturated heterocycles. The zero-order valence-corrected chi connectivity index (χ0v) is 13.2. The molecule has 0 radical (unpaired) electrons. The molecule has 0 bridgehead atoms. The molecule has 0 aliphatic carbocycles. The number of likely N-dealkylation sites (N-methyl/N-ethyl adjacent to an activating group) is 1. The molecule has 0 aromatic heterocycles. The van der Waals surface area contributed by atoms with E-state index in [0.29, 0.717) is 18.0 Å². The second kappa shape index (κ2) is 7.82. The topological polar surface area (TPSA) is 70.8 Å². The van der Waals surface area contributed by atoms with Crippen LogP contribution in [0.15, 0.2) is 24.3 Å². The van der Waals surface area contributed by atoms with Gasteiger partial charge in [-0.25, -0.2) is 5.01 Å². The van der Waals surface area contributed by atoms with Gasteiger partial charge < -0.3 is 15.4 Å². The molecule has 0 atom stereocenters. The minimum atomic E-state index is -0.128. The van der Waals surface area contributed by atoms with Gasteiger partial charge in [0.2, 0.25) is 0 Å². The first-order chi connectivity index (χ1) is 10.6. The molecule has 2 rings (SSSR count). The molecule has 6 heteroatoms. The number of rotatable bonds is 5. The van der Waals surface area contributed by atoms with Crippen LogP contribution in [-0.2, 0) is 4.79 Å². The molecule has 0 saturated carbocycles. The van der Waals surface area contributed by atoms with Crippen molar-refractivity contribution in [1.29, 1.82) is 0 Å². The maximum Gasteiger partial charge on any atom is 0.258 e. The van der Waals surface area contributed by atoms with Crippen molar-refractivity contribution in [2.24, 2.45) is 0 Å². The van der Waals surface area contributed by atoms with Gasteiger partial charge in [0.1, 0.15) is 5.75 Å². The minimum absolute atomic E-state index is 0.128. The Morgan fingerprint density at radius 3 is 2.73 bits per heavy atom. The fourth-order valence-corrected chi connectivity index (χ4v) is 2.24. The quantitative estimate of drug-likeness (QED) is 0.626. The van der Waals surface area contributed by atoms with Gasteiger partial charge in [-0.3, -0.25) is 10.2 Å². The number of amides is 1. The van der Waals surface area contributed by atoms with Gasteiger partial charge in [-0.15, -0.1) is 0 Å². The monoisotopic (exact) mass is 304 g/mol. The number of piperazine rings is 1. The Hall–Kier alpha value is -2.05. The van der Waals surface area contributed by atoms with Gasteiger partial charge in [-0.05, 0) is 37.7 Å². The summed E-state index contributed by atoms with van der Waals surface area (Å²) in [5.41, 5.74) is 10.2. The number of anilines is 1. The highest BCUT2D eigenvalue weighted by Crippen LogP contribution is 2.22. The van der Waals surface area contributed by atoms with E-state index in [9.17, 15) is 4.79 Å². The fourth-order valence-electron chi connectivity index (χ4n) is 2.24. The summed E-state index contributed by atoms with van der Waals surface area (Å²) in [6, 6.07) is 5.49.